The number of hydrogen-bond donors (Lipinski definition) is 0. The monoisotopic (exact) mass is 214 g/mol. The zero-order valence-electron chi connectivity index (χ0n) is 6.37. The van der Waals surface area contributed by atoms with E-state index in [4.69, 9.17) is 28.7 Å². The summed E-state index contributed by atoms with van der Waals surface area (Å²) < 4.78 is 3.98. The fourth-order valence-electron chi connectivity index (χ4n) is 0.778. The van der Waals surface area contributed by atoms with E-state index >= 15 is 0 Å². The Morgan fingerprint density at radius 1 is 1.54 bits per heavy atom. The van der Waals surface area contributed by atoms with Gasteiger partial charge in [0.1, 0.15) is 0 Å². The molecule has 1 aromatic carbocycles. The number of benzene rings is 1. The van der Waals surface area contributed by atoms with Crippen LogP contribution in [0.1, 0.15) is 11.1 Å². The highest BCUT2D eigenvalue weighted by atomic mass is 35.5. The third-order valence-electron chi connectivity index (χ3n) is 1.36. The molecule has 5 heteroatoms. The molecule has 0 heterocycles. The summed E-state index contributed by atoms with van der Waals surface area (Å²) in [5, 5.41) is 12.3. The SMILES string of the molecule is N#Cc1ccc(/C=N/OCl)c(Cl)c1. The van der Waals surface area contributed by atoms with Crippen LogP contribution in [-0.4, -0.2) is 6.21 Å². The lowest BCUT2D eigenvalue weighted by molar-refractivity contribution is 0.383. The van der Waals surface area contributed by atoms with E-state index in [1.54, 1.807) is 12.1 Å². The number of nitrogens with zero attached hydrogens (tertiary/aromatic N) is 2. The van der Waals surface area contributed by atoms with E-state index in [0.717, 1.165) is 0 Å². The molecule has 0 saturated carbocycles. The molecule has 1 rings (SSSR count). The van der Waals surface area contributed by atoms with Gasteiger partial charge in [-0.3, -0.25) is 4.39 Å². The van der Waals surface area contributed by atoms with Crippen LogP contribution in [0.2, 0.25) is 5.02 Å². The van der Waals surface area contributed by atoms with E-state index in [-0.39, 0.29) is 0 Å². The minimum atomic E-state index is 0.427. The molecule has 0 amide bonds. The predicted octanol–water partition coefficient (Wildman–Crippen LogP) is 2.72. The summed E-state index contributed by atoms with van der Waals surface area (Å²) in [5.74, 6) is 0. The van der Waals surface area contributed by atoms with Gasteiger partial charge in [0.15, 0.2) is 11.9 Å². The van der Waals surface area contributed by atoms with Crippen LogP contribution < -0.4 is 0 Å². The Hall–Kier alpha value is -1.24. The van der Waals surface area contributed by atoms with Gasteiger partial charge in [0.05, 0.1) is 22.9 Å². The summed E-state index contributed by atoms with van der Waals surface area (Å²) in [6.07, 6.45) is 1.36. The molecule has 0 fully saturated rings. The van der Waals surface area contributed by atoms with Crippen LogP contribution in [0.5, 0.6) is 0 Å². The van der Waals surface area contributed by atoms with Gasteiger partial charge in [-0.1, -0.05) is 22.8 Å². The van der Waals surface area contributed by atoms with E-state index < -0.39 is 0 Å². The molecule has 0 saturated heterocycles. The third kappa shape index (κ3) is 2.62. The first-order valence-electron chi connectivity index (χ1n) is 3.28. The Labute approximate surface area is 85.3 Å². The van der Waals surface area contributed by atoms with Gasteiger partial charge in [0.25, 0.3) is 0 Å². The number of rotatable bonds is 2. The molecule has 0 aliphatic rings. The summed E-state index contributed by atoms with van der Waals surface area (Å²) in [7, 11) is 0. The van der Waals surface area contributed by atoms with Crippen molar-refractivity contribution >= 4 is 29.7 Å². The second-order valence-electron chi connectivity index (χ2n) is 2.15. The van der Waals surface area contributed by atoms with E-state index in [1.807, 2.05) is 6.07 Å². The topological polar surface area (TPSA) is 45.4 Å². The first-order chi connectivity index (χ1) is 6.27. The zero-order valence-corrected chi connectivity index (χ0v) is 7.88. The maximum absolute atomic E-state index is 8.54. The Kier molecular flexibility index (Phi) is 3.56. The molecular formula is C8H4Cl2N2O. The summed E-state index contributed by atoms with van der Waals surface area (Å²) in [6.45, 7) is 0. The van der Waals surface area contributed by atoms with Gasteiger partial charge < -0.3 is 0 Å². The minimum Gasteiger partial charge on any atom is -0.277 e. The number of halogens is 2. The average Bonchev–Trinajstić information content (AvgIpc) is 2.16. The average molecular weight is 215 g/mol. The first kappa shape index (κ1) is 9.85. The van der Waals surface area contributed by atoms with Crippen LogP contribution in [-0.2, 0) is 4.39 Å². The molecule has 0 aliphatic heterocycles. The van der Waals surface area contributed by atoms with E-state index in [1.165, 1.54) is 12.3 Å². The largest absolute Gasteiger partial charge is 0.277 e. The summed E-state index contributed by atoms with van der Waals surface area (Å²) in [5.41, 5.74) is 1.13. The molecule has 0 unspecified atom stereocenters. The smallest absolute Gasteiger partial charge is 0.167 e. The molecule has 0 N–H and O–H groups in total. The second kappa shape index (κ2) is 4.70. The predicted molar refractivity (Wildman–Crippen MR) is 50.7 cm³/mol. The van der Waals surface area contributed by atoms with Crippen molar-refractivity contribution in [1.82, 2.24) is 0 Å². The van der Waals surface area contributed by atoms with Crippen molar-refractivity contribution in [2.75, 3.05) is 0 Å². The van der Waals surface area contributed by atoms with Crippen molar-refractivity contribution in [3.05, 3.63) is 34.3 Å². The molecule has 13 heavy (non-hydrogen) atoms. The number of hydrogen-bond acceptors (Lipinski definition) is 3. The fraction of sp³-hybridized carbons (Fsp3) is 0. The molecule has 66 valence electrons. The minimum absolute atomic E-state index is 0.427. The maximum atomic E-state index is 8.54. The Balaban J connectivity index is 3.00. The molecule has 0 aromatic heterocycles. The molecule has 0 spiro atoms. The van der Waals surface area contributed by atoms with Crippen molar-refractivity contribution in [1.29, 1.82) is 5.26 Å². The van der Waals surface area contributed by atoms with Crippen molar-refractivity contribution in [2.24, 2.45) is 5.16 Å². The van der Waals surface area contributed by atoms with Crippen molar-refractivity contribution in [3.63, 3.8) is 0 Å². The molecular weight excluding hydrogens is 211 g/mol. The van der Waals surface area contributed by atoms with Gasteiger partial charge >= 0.3 is 0 Å². The van der Waals surface area contributed by atoms with Crippen LogP contribution >= 0.6 is 23.5 Å². The highest BCUT2D eigenvalue weighted by Crippen LogP contribution is 2.15. The number of nitriles is 1. The summed E-state index contributed by atoms with van der Waals surface area (Å²) in [4.78, 5) is 0. The van der Waals surface area contributed by atoms with E-state index in [0.29, 0.717) is 16.1 Å². The highest BCUT2D eigenvalue weighted by Gasteiger charge is 1.98. The maximum Gasteiger partial charge on any atom is 0.167 e. The summed E-state index contributed by atoms with van der Waals surface area (Å²) >= 11 is 10.7. The van der Waals surface area contributed by atoms with Crippen molar-refractivity contribution in [3.8, 4) is 6.07 Å². The molecule has 0 bridgehead atoms. The van der Waals surface area contributed by atoms with Crippen LogP contribution in [0, 0.1) is 11.3 Å². The van der Waals surface area contributed by atoms with E-state index in [9.17, 15) is 0 Å². The van der Waals surface area contributed by atoms with Gasteiger partial charge in [0.2, 0.25) is 0 Å². The van der Waals surface area contributed by atoms with Gasteiger partial charge in [-0.25, -0.2) is 0 Å². The van der Waals surface area contributed by atoms with Crippen molar-refractivity contribution in [2.45, 2.75) is 0 Å². The quantitative estimate of drug-likeness (QED) is 0.562. The van der Waals surface area contributed by atoms with E-state index in [2.05, 4.69) is 9.55 Å². The lowest BCUT2D eigenvalue weighted by Gasteiger charge is -1.96. The lowest BCUT2D eigenvalue weighted by atomic mass is 10.2. The molecule has 0 radical (unpaired) electrons. The Morgan fingerprint density at radius 2 is 2.31 bits per heavy atom. The van der Waals surface area contributed by atoms with Crippen LogP contribution in [0.25, 0.3) is 0 Å². The highest BCUT2D eigenvalue weighted by molar-refractivity contribution is 6.33. The Bertz CT molecular complexity index is 371. The van der Waals surface area contributed by atoms with Crippen LogP contribution in [0.15, 0.2) is 23.4 Å². The number of oxime groups is 1. The van der Waals surface area contributed by atoms with Crippen LogP contribution in [0.4, 0.5) is 0 Å². The third-order valence-corrected chi connectivity index (χ3v) is 1.77. The lowest BCUT2D eigenvalue weighted by Crippen LogP contribution is -1.84. The van der Waals surface area contributed by atoms with Gasteiger partial charge in [0, 0.05) is 5.56 Å². The van der Waals surface area contributed by atoms with Gasteiger partial charge in [-0.15, -0.1) is 0 Å². The molecule has 0 atom stereocenters. The van der Waals surface area contributed by atoms with Crippen molar-refractivity contribution < 1.29 is 4.39 Å². The standard InChI is InChI=1S/C8H4Cl2N2O/c9-8-3-6(4-11)1-2-7(8)5-12-13-10/h1-3,5H/b12-5+. The van der Waals surface area contributed by atoms with Gasteiger partial charge in [-0.05, 0) is 12.1 Å². The Morgan fingerprint density at radius 3 is 2.85 bits per heavy atom. The fourth-order valence-corrected chi connectivity index (χ4v) is 1.05. The summed E-state index contributed by atoms with van der Waals surface area (Å²) in [6, 6.07) is 6.78. The van der Waals surface area contributed by atoms with Crippen LogP contribution in [0.3, 0.4) is 0 Å². The molecule has 1 aromatic rings. The second-order valence-corrected chi connectivity index (χ2v) is 2.70. The first-order valence-corrected chi connectivity index (χ1v) is 3.97. The molecule has 0 aliphatic carbocycles. The molecule has 3 nitrogen and oxygen atoms in total. The van der Waals surface area contributed by atoms with Gasteiger partial charge in [-0.2, -0.15) is 5.26 Å². The zero-order chi connectivity index (χ0) is 9.68. The normalized spacial score (nSPS) is 9.92.